The van der Waals surface area contributed by atoms with E-state index in [0.29, 0.717) is 10.7 Å². The van der Waals surface area contributed by atoms with E-state index in [0.717, 1.165) is 0 Å². The van der Waals surface area contributed by atoms with Gasteiger partial charge < -0.3 is 4.74 Å². The third-order valence-electron chi connectivity index (χ3n) is 2.37. The monoisotopic (exact) mass is 325 g/mol. The van der Waals surface area contributed by atoms with Gasteiger partial charge in [-0.3, -0.25) is 0 Å². The molecule has 0 unspecified atom stereocenters. The normalized spacial score (nSPS) is 10.8. The quantitative estimate of drug-likeness (QED) is 0.470. The zero-order valence-corrected chi connectivity index (χ0v) is 11.5. The molecule has 0 saturated heterocycles. The molecule has 0 bridgehead atoms. The molecular weight excluding hydrogens is 318 g/mol. The Bertz CT molecular complexity index is 593. The van der Waals surface area contributed by atoms with Crippen LogP contribution in [0.2, 0.25) is 0 Å². The summed E-state index contributed by atoms with van der Waals surface area (Å²) in [5.74, 6) is -6.91. The third kappa shape index (κ3) is 3.21. The summed E-state index contributed by atoms with van der Waals surface area (Å²) in [5.41, 5.74) is 0.681. The Morgan fingerprint density at radius 3 is 2.35 bits per heavy atom. The fraction of sp³-hybridized carbons (Fsp3) is 0.250. The van der Waals surface area contributed by atoms with Crippen LogP contribution < -0.4 is 4.74 Å². The largest absolute Gasteiger partial charge is 0.487 e. The first-order valence-electron chi connectivity index (χ1n) is 5.48. The van der Waals surface area contributed by atoms with E-state index in [9.17, 15) is 17.6 Å². The van der Waals surface area contributed by atoms with Crippen molar-refractivity contribution >= 4 is 22.9 Å². The van der Waals surface area contributed by atoms with Crippen LogP contribution in [0.25, 0.3) is 0 Å². The lowest BCUT2D eigenvalue weighted by Crippen LogP contribution is -2.07. The summed E-state index contributed by atoms with van der Waals surface area (Å²) in [6.07, 6.45) is 0.249. The maximum absolute atomic E-state index is 13.3. The van der Waals surface area contributed by atoms with Gasteiger partial charge in [-0.2, -0.15) is 8.78 Å². The zero-order chi connectivity index (χ0) is 14.7. The molecule has 0 radical (unpaired) electrons. The van der Waals surface area contributed by atoms with E-state index in [1.807, 2.05) is 0 Å². The van der Waals surface area contributed by atoms with Gasteiger partial charge in [0.25, 0.3) is 0 Å². The lowest BCUT2D eigenvalue weighted by molar-refractivity contribution is 0.274. The number of rotatable bonds is 5. The first kappa shape index (κ1) is 15.1. The van der Waals surface area contributed by atoms with E-state index < -0.39 is 29.0 Å². The molecular formula is C12H8ClF4NOS. The molecule has 20 heavy (non-hydrogen) atoms. The number of halogens is 5. The van der Waals surface area contributed by atoms with Gasteiger partial charge in [0.1, 0.15) is 0 Å². The van der Waals surface area contributed by atoms with Crippen LogP contribution in [0, 0.1) is 23.3 Å². The molecule has 0 aliphatic rings. The maximum atomic E-state index is 13.3. The Morgan fingerprint density at radius 1 is 1.15 bits per heavy atom. The molecule has 0 aliphatic carbocycles. The summed E-state index contributed by atoms with van der Waals surface area (Å²) in [7, 11) is 0. The molecule has 1 heterocycles. The van der Waals surface area contributed by atoms with E-state index in [-0.39, 0.29) is 25.0 Å². The van der Waals surface area contributed by atoms with Crippen LogP contribution in [0.1, 0.15) is 10.7 Å². The minimum Gasteiger partial charge on any atom is -0.487 e. The van der Waals surface area contributed by atoms with Crippen molar-refractivity contribution in [3.8, 4) is 5.75 Å². The van der Waals surface area contributed by atoms with Gasteiger partial charge in [-0.05, 0) is 0 Å². The molecule has 2 nitrogen and oxygen atoms in total. The molecule has 0 aliphatic heterocycles. The van der Waals surface area contributed by atoms with Gasteiger partial charge in [0.05, 0.1) is 23.2 Å². The minimum atomic E-state index is -1.55. The van der Waals surface area contributed by atoms with E-state index in [1.165, 1.54) is 11.3 Å². The molecule has 2 aromatic rings. The maximum Gasteiger partial charge on any atom is 0.203 e. The van der Waals surface area contributed by atoms with Gasteiger partial charge in [0.15, 0.2) is 17.4 Å². The average Bonchev–Trinajstić information content (AvgIpc) is 2.88. The number of aromatic nitrogens is 1. The second-order valence-corrected chi connectivity index (χ2v) is 4.97. The molecule has 0 atom stereocenters. The predicted octanol–water partition coefficient (Wildman–Crippen LogP) is 4.06. The Hall–Kier alpha value is -1.34. The van der Waals surface area contributed by atoms with Crippen LogP contribution in [-0.2, 0) is 12.3 Å². The highest BCUT2D eigenvalue weighted by Gasteiger charge is 2.20. The fourth-order valence-corrected chi connectivity index (χ4v) is 2.45. The minimum absolute atomic E-state index is 0.130. The Kier molecular flexibility index (Phi) is 4.82. The predicted molar refractivity (Wildman–Crippen MR) is 67.1 cm³/mol. The summed E-state index contributed by atoms with van der Waals surface area (Å²) in [6.45, 7) is -0.161. The summed E-state index contributed by atoms with van der Waals surface area (Å²) in [4.78, 5) is 4.11. The Labute approximate surface area is 121 Å². The molecule has 0 spiro atoms. The highest BCUT2D eigenvalue weighted by Crippen LogP contribution is 2.26. The number of hydrogen-bond donors (Lipinski definition) is 0. The number of ether oxygens (including phenoxy) is 1. The van der Waals surface area contributed by atoms with Crippen molar-refractivity contribution in [3.63, 3.8) is 0 Å². The van der Waals surface area contributed by atoms with E-state index >= 15 is 0 Å². The second-order valence-electron chi connectivity index (χ2n) is 3.76. The molecule has 108 valence electrons. The molecule has 0 saturated carbocycles. The van der Waals surface area contributed by atoms with Gasteiger partial charge in [0, 0.05) is 17.9 Å². The van der Waals surface area contributed by atoms with Gasteiger partial charge in [-0.15, -0.1) is 22.9 Å². The van der Waals surface area contributed by atoms with Crippen molar-refractivity contribution < 1.29 is 22.3 Å². The van der Waals surface area contributed by atoms with E-state index in [4.69, 9.17) is 16.3 Å². The van der Waals surface area contributed by atoms with Crippen LogP contribution in [0.3, 0.4) is 0 Å². The van der Waals surface area contributed by atoms with E-state index in [2.05, 4.69) is 4.98 Å². The molecule has 8 heteroatoms. The highest BCUT2D eigenvalue weighted by molar-refractivity contribution is 7.09. The smallest absolute Gasteiger partial charge is 0.203 e. The molecule has 1 aromatic carbocycles. The molecule has 0 amide bonds. The van der Waals surface area contributed by atoms with Crippen molar-refractivity contribution in [2.75, 3.05) is 6.61 Å². The number of nitrogens with zero attached hydrogens (tertiary/aromatic N) is 1. The van der Waals surface area contributed by atoms with Crippen molar-refractivity contribution in [2.45, 2.75) is 12.3 Å². The van der Waals surface area contributed by atoms with Crippen molar-refractivity contribution in [2.24, 2.45) is 0 Å². The summed E-state index contributed by atoms with van der Waals surface area (Å²) in [5, 5.41) is 2.39. The van der Waals surface area contributed by atoms with Crippen molar-refractivity contribution in [1.82, 2.24) is 4.98 Å². The Balaban J connectivity index is 2.04. The van der Waals surface area contributed by atoms with Gasteiger partial charge in [-0.25, -0.2) is 13.8 Å². The van der Waals surface area contributed by atoms with E-state index in [1.54, 1.807) is 5.38 Å². The summed E-state index contributed by atoms with van der Waals surface area (Å²) in [6, 6.07) is 0.130. The average molecular weight is 326 g/mol. The first-order valence-corrected chi connectivity index (χ1v) is 6.89. The van der Waals surface area contributed by atoms with Gasteiger partial charge in [-0.1, -0.05) is 0 Å². The molecule has 0 N–H and O–H groups in total. The number of hydrogen-bond acceptors (Lipinski definition) is 3. The number of benzene rings is 1. The number of alkyl halides is 1. The lowest BCUT2D eigenvalue weighted by atomic mass is 10.3. The highest BCUT2D eigenvalue weighted by atomic mass is 35.5. The molecule has 2 rings (SSSR count). The molecule has 0 fully saturated rings. The van der Waals surface area contributed by atoms with Crippen LogP contribution in [0.4, 0.5) is 17.6 Å². The lowest BCUT2D eigenvalue weighted by Gasteiger charge is -2.08. The third-order valence-corrected chi connectivity index (χ3v) is 3.60. The second kappa shape index (κ2) is 6.41. The number of thiazole rings is 1. The zero-order valence-electron chi connectivity index (χ0n) is 9.93. The first-order chi connectivity index (χ1) is 9.52. The van der Waals surface area contributed by atoms with Gasteiger partial charge in [0.2, 0.25) is 11.6 Å². The molecule has 1 aromatic heterocycles. The van der Waals surface area contributed by atoms with Crippen LogP contribution in [-0.4, -0.2) is 11.6 Å². The fourth-order valence-electron chi connectivity index (χ4n) is 1.44. The standard InChI is InChI=1S/C12H8ClF4NOS/c13-4-6-5-20-9(18-6)1-2-19-12-10(16)7(14)3-8(15)11(12)17/h3,5H,1-2,4H2. The van der Waals surface area contributed by atoms with Gasteiger partial charge >= 0.3 is 0 Å². The van der Waals surface area contributed by atoms with Crippen molar-refractivity contribution in [3.05, 3.63) is 45.4 Å². The van der Waals surface area contributed by atoms with Crippen LogP contribution in [0.15, 0.2) is 11.4 Å². The Morgan fingerprint density at radius 2 is 1.80 bits per heavy atom. The van der Waals surface area contributed by atoms with Crippen molar-refractivity contribution in [1.29, 1.82) is 0 Å². The topological polar surface area (TPSA) is 22.1 Å². The summed E-state index contributed by atoms with van der Waals surface area (Å²) >= 11 is 6.89. The summed E-state index contributed by atoms with van der Waals surface area (Å²) < 4.78 is 57.2. The van der Waals surface area contributed by atoms with Crippen LogP contribution >= 0.6 is 22.9 Å². The van der Waals surface area contributed by atoms with Crippen LogP contribution in [0.5, 0.6) is 5.75 Å². The SMILES string of the molecule is Fc1cc(F)c(F)c(OCCc2nc(CCl)cs2)c1F.